The summed E-state index contributed by atoms with van der Waals surface area (Å²) in [5, 5.41) is 6.19. The van der Waals surface area contributed by atoms with Gasteiger partial charge in [0.25, 0.3) is 5.91 Å². The number of amides is 1. The maximum absolute atomic E-state index is 12.4. The van der Waals surface area contributed by atoms with Crippen molar-refractivity contribution in [2.45, 2.75) is 46.2 Å². The summed E-state index contributed by atoms with van der Waals surface area (Å²) < 4.78 is 0. The number of anilines is 1. The number of nitrogens with zero attached hydrogens (tertiary/aromatic N) is 2. The summed E-state index contributed by atoms with van der Waals surface area (Å²) in [6.07, 6.45) is 0.874. The molecule has 0 spiro atoms. The number of rotatable bonds is 6. The van der Waals surface area contributed by atoms with E-state index < -0.39 is 0 Å². The molecule has 1 aromatic carbocycles. The Balaban J connectivity index is 2.39. The van der Waals surface area contributed by atoms with Crippen molar-refractivity contribution in [1.29, 1.82) is 0 Å². The predicted molar refractivity (Wildman–Crippen MR) is 93.4 cm³/mol. The molecule has 0 fully saturated rings. The topological polar surface area (TPSA) is 66.9 Å². The van der Waals surface area contributed by atoms with Gasteiger partial charge in [0, 0.05) is 23.7 Å². The van der Waals surface area contributed by atoms with E-state index in [9.17, 15) is 4.79 Å². The third-order valence-electron chi connectivity index (χ3n) is 3.42. The van der Waals surface area contributed by atoms with Crippen LogP contribution in [0, 0.1) is 0 Å². The standard InChI is InChI=1S/C18H24N4O/c1-5-13(4)20-18(23)15-11-16(19-12(2)3)22-17(21-15)14-9-7-6-8-10-14/h6-13H,5H2,1-4H3,(H,20,23)(H,19,21,22). The van der Waals surface area contributed by atoms with Gasteiger partial charge in [-0.05, 0) is 27.2 Å². The van der Waals surface area contributed by atoms with Crippen LogP contribution in [0.1, 0.15) is 44.6 Å². The van der Waals surface area contributed by atoms with Gasteiger partial charge in [-0.2, -0.15) is 0 Å². The van der Waals surface area contributed by atoms with Gasteiger partial charge in [0.1, 0.15) is 11.5 Å². The fourth-order valence-electron chi connectivity index (χ4n) is 2.05. The quantitative estimate of drug-likeness (QED) is 0.857. The second-order valence-electron chi connectivity index (χ2n) is 5.91. The van der Waals surface area contributed by atoms with Crippen molar-refractivity contribution in [2.24, 2.45) is 0 Å². The maximum Gasteiger partial charge on any atom is 0.270 e. The molecule has 0 bridgehead atoms. The first-order valence-electron chi connectivity index (χ1n) is 8.01. The zero-order valence-corrected chi connectivity index (χ0v) is 14.1. The highest BCUT2D eigenvalue weighted by molar-refractivity contribution is 5.93. The van der Waals surface area contributed by atoms with Crippen molar-refractivity contribution in [1.82, 2.24) is 15.3 Å². The molecular weight excluding hydrogens is 288 g/mol. The van der Waals surface area contributed by atoms with Gasteiger partial charge in [-0.15, -0.1) is 0 Å². The largest absolute Gasteiger partial charge is 0.368 e. The van der Waals surface area contributed by atoms with Crippen LogP contribution in [0.5, 0.6) is 0 Å². The van der Waals surface area contributed by atoms with Crippen LogP contribution in [0.3, 0.4) is 0 Å². The highest BCUT2D eigenvalue weighted by Crippen LogP contribution is 2.18. The zero-order chi connectivity index (χ0) is 16.8. The maximum atomic E-state index is 12.4. The fourth-order valence-corrected chi connectivity index (χ4v) is 2.05. The summed E-state index contributed by atoms with van der Waals surface area (Å²) in [7, 11) is 0. The van der Waals surface area contributed by atoms with E-state index in [1.165, 1.54) is 0 Å². The number of hydrogen-bond donors (Lipinski definition) is 2. The first-order valence-corrected chi connectivity index (χ1v) is 8.01. The molecule has 1 heterocycles. The lowest BCUT2D eigenvalue weighted by molar-refractivity contribution is 0.0934. The molecule has 1 amide bonds. The lowest BCUT2D eigenvalue weighted by atomic mass is 10.2. The van der Waals surface area contributed by atoms with Crippen molar-refractivity contribution in [2.75, 3.05) is 5.32 Å². The second kappa shape index (κ2) is 7.72. The summed E-state index contributed by atoms with van der Waals surface area (Å²) in [6, 6.07) is 11.7. The molecule has 0 aliphatic carbocycles. The van der Waals surface area contributed by atoms with Crippen LogP contribution < -0.4 is 10.6 Å². The minimum absolute atomic E-state index is 0.110. The monoisotopic (exact) mass is 312 g/mol. The summed E-state index contributed by atoms with van der Waals surface area (Å²) in [5.41, 5.74) is 1.26. The van der Waals surface area contributed by atoms with E-state index in [0.717, 1.165) is 12.0 Å². The Bertz CT molecular complexity index is 655. The van der Waals surface area contributed by atoms with Crippen LogP contribution in [0.25, 0.3) is 11.4 Å². The van der Waals surface area contributed by atoms with Gasteiger partial charge in [-0.25, -0.2) is 9.97 Å². The molecule has 0 saturated heterocycles. The lowest BCUT2D eigenvalue weighted by Gasteiger charge is -2.14. The van der Waals surface area contributed by atoms with Crippen molar-refractivity contribution >= 4 is 11.7 Å². The molecule has 122 valence electrons. The third kappa shape index (κ3) is 4.77. The van der Waals surface area contributed by atoms with Gasteiger partial charge >= 0.3 is 0 Å². The van der Waals surface area contributed by atoms with E-state index >= 15 is 0 Å². The Morgan fingerprint density at radius 2 is 1.83 bits per heavy atom. The van der Waals surface area contributed by atoms with Gasteiger partial charge in [-0.1, -0.05) is 37.3 Å². The zero-order valence-electron chi connectivity index (χ0n) is 14.1. The number of carbonyl (C=O) groups excluding carboxylic acids is 1. The van der Waals surface area contributed by atoms with E-state index in [0.29, 0.717) is 17.3 Å². The summed E-state index contributed by atoms with van der Waals surface area (Å²) in [5.74, 6) is 1.03. The molecule has 1 unspecified atom stereocenters. The lowest BCUT2D eigenvalue weighted by Crippen LogP contribution is -2.32. The highest BCUT2D eigenvalue weighted by Gasteiger charge is 2.14. The fraction of sp³-hybridized carbons (Fsp3) is 0.389. The van der Waals surface area contributed by atoms with Crippen molar-refractivity contribution in [3.05, 3.63) is 42.1 Å². The van der Waals surface area contributed by atoms with Crippen molar-refractivity contribution in [3.63, 3.8) is 0 Å². The average Bonchev–Trinajstić information content (AvgIpc) is 2.54. The number of nitrogens with one attached hydrogen (secondary N) is 2. The Labute approximate surface area is 137 Å². The Morgan fingerprint density at radius 1 is 1.13 bits per heavy atom. The molecule has 23 heavy (non-hydrogen) atoms. The van der Waals surface area contributed by atoms with E-state index in [4.69, 9.17) is 0 Å². The summed E-state index contributed by atoms with van der Waals surface area (Å²) >= 11 is 0. The Morgan fingerprint density at radius 3 is 2.43 bits per heavy atom. The summed E-state index contributed by atoms with van der Waals surface area (Å²) in [4.78, 5) is 21.4. The Kier molecular flexibility index (Phi) is 5.68. The van der Waals surface area contributed by atoms with E-state index in [1.807, 2.05) is 58.0 Å². The number of benzene rings is 1. The molecule has 0 aliphatic rings. The van der Waals surface area contributed by atoms with E-state index in [-0.39, 0.29) is 18.0 Å². The van der Waals surface area contributed by atoms with Gasteiger partial charge in [0.05, 0.1) is 0 Å². The van der Waals surface area contributed by atoms with Gasteiger partial charge < -0.3 is 10.6 Å². The smallest absolute Gasteiger partial charge is 0.270 e. The molecule has 2 N–H and O–H groups in total. The minimum atomic E-state index is -0.175. The second-order valence-corrected chi connectivity index (χ2v) is 5.91. The first-order chi connectivity index (χ1) is 11.0. The van der Waals surface area contributed by atoms with Crippen LogP contribution in [-0.4, -0.2) is 28.0 Å². The van der Waals surface area contributed by atoms with Crippen LogP contribution in [0.2, 0.25) is 0 Å². The summed E-state index contributed by atoms with van der Waals surface area (Å²) in [6.45, 7) is 8.07. The molecule has 1 aromatic heterocycles. The molecule has 2 rings (SSSR count). The molecule has 0 saturated carbocycles. The minimum Gasteiger partial charge on any atom is -0.368 e. The first kappa shape index (κ1) is 16.9. The molecule has 5 nitrogen and oxygen atoms in total. The van der Waals surface area contributed by atoms with Gasteiger partial charge in [0.2, 0.25) is 0 Å². The van der Waals surface area contributed by atoms with Crippen molar-refractivity contribution in [3.8, 4) is 11.4 Å². The SMILES string of the molecule is CCC(C)NC(=O)c1cc(NC(C)C)nc(-c2ccccc2)n1. The van der Waals surface area contributed by atoms with Gasteiger partial charge in [0.15, 0.2) is 5.82 Å². The normalized spacial score (nSPS) is 12.0. The highest BCUT2D eigenvalue weighted by atomic mass is 16.1. The van der Waals surface area contributed by atoms with Crippen LogP contribution in [-0.2, 0) is 0 Å². The molecular formula is C18H24N4O. The van der Waals surface area contributed by atoms with Crippen molar-refractivity contribution < 1.29 is 4.79 Å². The van der Waals surface area contributed by atoms with E-state index in [2.05, 4.69) is 20.6 Å². The molecule has 0 radical (unpaired) electrons. The predicted octanol–water partition coefficient (Wildman–Crippen LogP) is 3.49. The number of hydrogen-bond acceptors (Lipinski definition) is 4. The molecule has 5 heteroatoms. The van der Waals surface area contributed by atoms with Crippen LogP contribution in [0.15, 0.2) is 36.4 Å². The van der Waals surface area contributed by atoms with Crippen LogP contribution >= 0.6 is 0 Å². The third-order valence-corrected chi connectivity index (χ3v) is 3.42. The Hall–Kier alpha value is -2.43. The van der Waals surface area contributed by atoms with E-state index in [1.54, 1.807) is 6.07 Å². The molecule has 0 aliphatic heterocycles. The molecule has 1 atom stereocenters. The number of carbonyl (C=O) groups is 1. The molecule has 2 aromatic rings. The van der Waals surface area contributed by atoms with Gasteiger partial charge in [-0.3, -0.25) is 4.79 Å². The average molecular weight is 312 g/mol. The van der Waals surface area contributed by atoms with Crippen LogP contribution in [0.4, 0.5) is 5.82 Å². The number of aromatic nitrogens is 2.